The second-order valence-electron chi connectivity index (χ2n) is 6.27. The molecule has 1 heterocycles. The summed E-state index contributed by atoms with van der Waals surface area (Å²) in [5.41, 5.74) is 1.95. The quantitative estimate of drug-likeness (QED) is 0.118. The molecule has 0 fully saturated rings. The second-order valence-corrected chi connectivity index (χ2v) is 11.2. The Morgan fingerprint density at radius 2 is 1.35 bits per heavy atom. The fraction of sp³-hybridized carbons (Fsp3) is 0. The molecule has 4 aromatic rings. The summed E-state index contributed by atoms with van der Waals surface area (Å²) in [6, 6.07) is 8.24. The molecule has 0 atom stereocenters. The summed E-state index contributed by atoms with van der Waals surface area (Å²) in [7, 11) is 0. The van der Waals surface area contributed by atoms with Gasteiger partial charge in [0.15, 0.2) is 18.6 Å². The Bertz CT molecular complexity index is 1340. The van der Waals surface area contributed by atoms with Gasteiger partial charge in [-0.1, -0.05) is 17.7 Å². The molecule has 3 aromatic carbocycles. The molecule has 31 heavy (non-hydrogen) atoms. The summed E-state index contributed by atoms with van der Waals surface area (Å²) < 4.78 is 8.36. The largest absolute Gasteiger partial charge is 1.00 e. The molecule has 0 aliphatic carbocycles. The molecule has 0 bridgehead atoms. The van der Waals surface area contributed by atoms with E-state index in [9.17, 15) is 20.1 Å². The third kappa shape index (κ3) is 4.62. The van der Waals surface area contributed by atoms with Gasteiger partial charge < -0.3 is 15.3 Å². The molecule has 11 heteroatoms. The van der Waals surface area contributed by atoms with Crippen LogP contribution >= 0.6 is 102 Å². The molecule has 5 nitrogen and oxygen atoms in total. The van der Waals surface area contributed by atoms with Gasteiger partial charge >= 0.3 is 46.7 Å². The van der Waals surface area contributed by atoms with Crippen molar-refractivity contribution in [1.82, 2.24) is 0 Å². The summed E-state index contributed by atoms with van der Waals surface area (Å²) >= 11 is 14.1. The first-order chi connectivity index (χ1) is 14.1. The van der Waals surface area contributed by atoms with Gasteiger partial charge in [0.05, 0.1) is 23.5 Å². The molecule has 1 aromatic heterocycles. The number of carboxylic acids is 1. The third-order valence-corrected chi connectivity index (χ3v) is 8.40. The van der Waals surface area contributed by atoms with Gasteiger partial charge in [-0.05, 0) is 120 Å². The molecular weight excluding hydrogens is 886 g/mol. The summed E-state index contributed by atoms with van der Waals surface area (Å²) in [6.45, 7) is 0. The number of phenolic OH excluding ortho intramolecular Hbond substituents is 2. The number of carbonyl (C=O) groups is 1. The Balaban J connectivity index is 0.00000272. The number of hydrogen-bond acceptors (Lipinski definition) is 3. The van der Waals surface area contributed by atoms with Crippen LogP contribution in [0.2, 0.25) is 5.02 Å². The number of halogens is 5. The Morgan fingerprint density at radius 3 is 1.81 bits per heavy atom. The van der Waals surface area contributed by atoms with E-state index in [0.29, 0.717) is 52.4 Å². The van der Waals surface area contributed by atoms with Crippen LogP contribution in [-0.4, -0.2) is 21.3 Å². The van der Waals surface area contributed by atoms with Crippen molar-refractivity contribution in [2.24, 2.45) is 0 Å². The van der Waals surface area contributed by atoms with Crippen LogP contribution in [0.1, 0.15) is 10.4 Å². The minimum absolute atomic E-state index is 0. The molecule has 3 N–H and O–H groups in total. The molecule has 0 aliphatic heterocycles. The summed E-state index contributed by atoms with van der Waals surface area (Å²) in [5.74, 6) is -0.949. The van der Waals surface area contributed by atoms with E-state index in [1.54, 1.807) is 24.3 Å². The van der Waals surface area contributed by atoms with Crippen molar-refractivity contribution in [2.75, 3.05) is 0 Å². The van der Waals surface area contributed by atoms with Crippen LogP contribution in [0.15, 0.2) is 34.7 Å². The van der Waals surface area contributed by atoms with Crippen molar-refractivity contribution in [1.29, 1.82) is 0 Å². The van der Waals surface area contributed by atoms with Crippen molar-refractivity contribution in [3.05, 3.63) is 55.2 Å². The maximum Gasteiger partial charge on any atom is 1.00 e. The summed E-state index contributed by atoms with van der Waals surface area (Å²) in [5, 5.41) is 32.3. The standard InChI is InChI=1S/C20H7ClI4O5.Na/c21-6-1-2-7(8(3-6)20(28)29)13-9-4-11(22)16(26)14(24)18(9)30-19-10(13)5-12(23)17(27)15(19)25;/h1-5H,(H2-,26,27,28,29);/q;+1/p+1. The third-order valence-electron chi connectivity index (χ3n) is 4.52. The first-order valence-corrected chi connectivity index (χ1v) is 12.8. The van der Waals surface area contributed by atoms with E-state index in [-0.39, 0.29) is 46.6 Å². The van der Waals surface area contributed by atoms with Gasteiger partial charge in [-0.3, -0.25) is 0 Å². The topological polar surface area (TPSA) is 89.1 Å². The predicted octanol–water partition coefficient (Wildman–Crippen LogP) is 4.72. The van der Waals surface area contributed by atoms with E-state index in [4.69, 9.17) is 16.0 Å². The van der Waals surface area contributed by atoms with E-state index >= 15 is 0 Å². The van der Waals surface area contributed by atoms with Gasteiger partial charge in [-0.2, -0.15) is 0 Å². The molecule has 0 radical (unpaired) electrons. The average Bonchev–Trinajstić information content (AvgIpc) is 2.70. The average molecular weight is 894 g/mol. The van der Waals surface area contributed by atoms with E-state index in [2.05, 4.69) is 0 Å². The SMILES string of the molecule is O=C(O)c1cc(Cl)ccc1-c1c2cc(I)c(O)c(I)c2[o+]c2c(I)c(O)c(I)cc12.[Na+]. The van der Waals surface area contributed by atoms with Crippen molar-refractivity contribution in [3.8, 4) is 22.6 Å². The maximum atomic E-state index is 12.0. The van der Waals surface area contributed by atoms with E-state index in [1.165, 1.54) is 6.07 Å². The molecular formula is C20H8ClI4NaO5+2. The zero-order chi connectivity index (χ0) is 21.9. The Labute approximate surface area is 257 Å². The number of phenols is 2. The van der Waals surface area contributed by atoms with Crippen LogP contribution in [0.25, 0.3) is 33.1 Å². The van der Waals surface area contributed by atoms with Crippen molar-refractivity contribution in [3.63, 3.8) is 0 Å². The van der Waals surface area contributed by atoms with Crippen LogP contribution in [-0.2, 0) is 0 Å². The fourth-order valence-electron chi connectivity index (χ4n) is 3.20. The number of carboxylic acid groups (broad SMARTS) is 1. The normalized spacial score (nSPS) is 11.0. The number of aromatic hydroxyl groups is 2. The zero-order valence-electron chi connectivity index (χ0n) is 15.4. The molecule has 0 unspecified atom stereocenters. The van der Waals surface area contributed by atoms with Crippen molar-refractivity contribution in [2.45, 2.75) is 0 Å². The summed E-state index contributed by atoms with van der Waals surface area (Å²) in [6.07, 6.45) is 0. The second kappa shape index (κ2) is 10.1. The van der Waals surface area contributed by atoms with Crippen LogP contribution in [0, 0.1) is 14.3 Å². The zero-order valence-corrected chi connectivity index (χ0v) is 26.8. The molecule has 0 spiro atoms. The smallest absolute Gasteiger partial charge is 0.505 e. The molecule has 152 valence electrons. The first kappa shape index (κ1) is 26.2. The van der Waals surface area contributed by atoms with Crippen LogP contribution in [0.5, 0.6) is 11.5 Å². The maximum absolute atomic E-state index is 12.0. The number of aromatic carboxylic acids is 1. The van der Waals surface area contributed by atoms with E-state index in [0.717, 1.165) is 0 Å². The van der Waals surface area contributed by atoms with Crippen LogP contribution in [0.4, 0.5) is 0 Å². The number of fused-ring (bicyclic) bond motifs is 2. The van der Waals surface area contributed by atoms with Gasteiger partial charge in [0.2, 0.25) is 0 Å². The molecule has 0 aliphatic rings. The number of benzene rings is 3. The van der Waals surface area contributed by atoms with Crippen LogP contribution < -0.4 is 29.6 Å². The van der Waals surface area contributed by atoms with E-state index in [1.807, 2.05) is 90.4 Å². The van der Waals surface area contributed by atoms with Crippen molar-refractivity contribution < 1.29 is 54.1 Å². The van der Waals surface area contributed by atoms with Gasteiger partial charge in [-0.25, -0.2) is 9.21 Å². The number of hydrogen-bond donors (Lipinski definition) is 3. The minimum atomic E-state index is -1.11. The summed E-state index contributed by atoms with van der Waals surface area (Å²) in [4.78, 5) is 12.0. The Morgan fingerprint density at radius 1 is 0.871 bits per heavy atom. The van der Waals surface area contributed by atoms with Gasteiger partial charge in [0.25, 0.3) is 0 Å². The van der Waals surface area contributed by atoms with Gasteiger partial charge in [0, 0.05) is 10.6 Å². The van der Waals surface area contributed by atoms with Gasteiger partial charge in [0.1, 0.15) is 0 Å². The van der Waals surface area contributed by atoms with Crippen LogP contribution in [0.3, 0.4) is 0 Å². The molecule has 4 rings (SSSR count). The fourth-order valence-corrected chi connectivity index (χ4v) is 6.95. The Kier molecular flexibility index (Phi) is 8.52. The minimum Gasteiger partial charge on any atom is -0.505 e. The Hall–Kier alpha value is 0.610. The van der Waals surface area contributed by atoms with Gasteiger partial charge in [-0.15, -0.1) is 0 Å². The molecule has 0 amide bonds. The number of rotatable bonds is 2. The first-order valence-electron chi connectivity index (χ1n) is 8.12. The van der Waals surface area contributed by atoms with Crippen molar-refractivity contribution >= 4 is 130 Å². The molecule has 0 saturated carbocycles. The molecule has 0 saturated heterocycles. The van der Waals surface area contributed by atoms with E-state index < -0.39 is 5.97 Å². The predicted molar refractivity (Wildman–Crippen MR) is 150 cm³/mol. The monoisotopic (exact) mass is 894 g/mol.